The molecule has 0 saturated heterocycles. The van der Waals surface area contributed by atoms with Crippen LogP contribution in [0.15, 0.2) is 23.0 Å². The highest BCUT2D eigenvalue weighted by Crippen LogP contribution is 2.43. The molecule has 2 N–H and O–H groups in total. The maximum atomic E-state index is 13.4. The van der Waals surface area contributed by atoms with E-state index in [0.717, 1.165) is 28.6 Å². The zero-order valence-electron chi connectivity index (χ0n) is 18.4. The molecule has 0 amide bonds. The molecule has 0 bridgehead atoms. The van der Waals surface area contributed by atoms with Crippen LogP contribution in [0.1, 0.15) is 42.5 Å². The summed E-state index contributed by atoms with van der Waals surface area (Å²) in [4.78, 5) is 30.7. The van der Waals surface area contributed by atoms with E-state index in [4.69, 9.17) is 19.2 Å². The highest BCUT2D eigenvalue weighted by atomic mass is 16.7. The van der Waals surface area contributed by atoms with Gasteiger partial charge in [0, 0.05) is 29.1 Å². The van der Waals surface area contributed by atoms with Gasteiger partial charge in [0.05, 0.1) is 29.0 Å². The van der Waals surface area contributed by atoms with Gasteiger partial charge >= 0.3 is 5.97 Å². The lowest BCUT2D eigenvalue weighted by Crippen LogP contribution is -2.44. The van der Waals surface area contributed by atoms with Crippen LogP contribution in [0.3, 0.4) is 0 Å². The molecule has 0 aliphatic carbocycles. The van der Waals surface area contributed by atoms with Gasteiger partial charge in [-0.05, 0) is 30.7 Å². The molecule has 33 heavy (non-hydrogen) atoms. The van der Waals surface area contributed by atoms with Crippen molar-refractivity contribution in [3.8, 4) is 22.9 Å². The van der Waals surface area contributed by atoms with Gasteiger partial charge in [0.2, 0.25) is 6.79 Å². The average Bonchev–Trinajstić information content (AvgIpc) is 3.42. The van der Waals surface area contributed by atoms with Crippen LogP contribution in [-0.4, -0.2) is 34.0 Å². The van der Waals surface area contributed by atoms with Crippen molar-refractivity contribution in [2.45, 2.75) is 45.6 Å². The summed E-state index contributed by atoms with van der Waals surface area (Å²) in [5.41, 5.74) is 2.48. The van der Waals surface area contributed by atoms with Crippen molar-refractivity contribution in [2.24, 2.45) is 0 Å². The molecule has 6 rings (SSSR count). The van der Waals surface area contributed by atoms with Crippen LogP contribution < -0.4 is 20.3 Å². The number of carbonyl (C=O) groups is 1. The Balaban J connectivity index is 1.63. The zero-order chi connectivity index (χ0) is 22.9. The van der Waals surface area contributed by atoms with Crippen molar-refractivity contribution in [2.75, 3.05) is 13.3 Å². The first kappa shape index (κ1) is 20.2. The first-order chi connectivity index (χ1) is 16.0. The number of nitrogens with zero attached hydrogens (tertiary/aromatic N) is 2. The highest BCUT2D eigenvalue weighted by Gasteiger charge is 2.45. The van der Waals surface area contributed by atoms with Crippen molar-refractivity contribution in [1.82, 2.24) is 14.9 Å². The number of aliphatic hydroxyl groups is 1. The third kappa shape index (κ3) is 2.69. The summed E-state index contributed by atoms with van der Waals surface area (Å²) in [5, 5.41) is 15.4. The van der Waals surface area contributed by atoms with Gasteiger partial charge in [0.15, 0.2) is 17.1 Å². The van der Waals surface area contributed by atoms with E-state index in [1.165, 1.54) is 0 Å². The first-order valence-corrected chi connectivity index (χ1v) is 11.1. The second-order valence-corrected chi connectivity index (χ2v) is 8.52. The number of ether oxygens (including phenoxy) is 3. The number of nitrogens with one attached hydrogen (secondary N) is 1. The number of aromatic nitrogens is 2. The Hall–Kier alpha value is -3.43. The second-order valence-electron chi connectivity index (χ2n) is 8.52. The topological polar surface area (TPSA) is 112 Å². The third-order valence-electron chi connectivity index (χ3n) is 6.85. The van der Waals surface area contributed by atoms with E-state index < -0.39 is 11.6 Å². The first-order valence-electron chi connectivity index (χ1n) is 11.1. The Kier molecular flexibility index (Phi) is 4.30. The molecule has 9 nitrogen and oxygen atoms in total. The van der Waals surface area contributed by atoms with E-state index in [2.05, 4.69) is 5.32 Å². The Morgan fingerprint density at radius 1 is 1.12 bits per heavy atom. The minimum absolute atomic E-state index is 0.106. The van der Waals surface area contributed by atoms with Gasteiger partial charge in [-0.1, -0.05) is 13.8 Å². The molecule has 0 saturated carbocycles. The second kappa shape index (κ2) is 7.03. The number of pyridine rings is 2. The van der Waals surface area contributed by atoms with E-state index in [9.17, 15) is 14.7 Å². The van der Waals surface area contributed by atoms with Crippen LogP contribution in [-0.2, 0) is 34.8 Å². The average molecular weight is 449 g/mol. The molecule has 1 atom stereocenters. The lowest BCUT2D eigenvalue weighted by Gasteiger charge is -2.31. The molecule has 0 radical (unpaired) electrons. The third-order valence-corrected chi connectivity index (χ3v) is 6.85. The molecular formula is C24H23N3O6. The maximum Gasteiger partial charge on any atom is 0.343 e. The fourth-order valence-electron chi connectivity index (χ4n) is 5.00. The fraction of sp³-hybridized carbons (Fsp3) is 0.375. The van der Waals surface area contributed by atoms with Gasteiger partial charge in [-0.15, -0.1) is 0 Å². The monoisotopic (exact) mass is 449 g/mol. The number of cyclic esters (lactones) is 1. The smallest absolute Gasteiger partial charge is 0.343 e. The van der Waals surface area contributed by atoms with Crippen molar-refractivity contribution >= 4 is 16.9 Å². The highest BCUT2D eigenvalue weighted by molar-refractivity contribution is 5.91. The number of benzene rings is 1. The van der Waals surface area contributed by atoms with Crippen LogP contribution in [0.5, 0.6) is 11.5 Å². The molecule has 1 unspecified atom stereocenters. The number of rotatable bonds is 4. The van der Waals surface area contributed by atoms with Gasteiger partial charge in [0.1, 0.15) is 6.61 Å². The number of esters is 1. The van der Waals surface area contributed by atoms with Gasteiger partial charge in [-0.3, -0.25) is 4.79 Å². The van der Waals surface area contributed by atoms with Crippen LogP contribution in [0.4, 0.5) is 0 Å². The quantitative estimate of drug-likeness (QED) is 0.455. The standard InChI is InChI=1S/C24H23N3O6/c1-3-24(30)16-6-18-21-14(9-27(18)22(28)15(16)10-31-23(24)29)13(8-25-4-2)12-5-19-20(33-11-32-19)7-17(12)26-21/h5-7,25,30H,3-4,8-11H2,1-2H3. The molecule has 9 heteroatoms. The van der Waals surface area contributed by atoms with Crippen molar-refractivity contribution in [3.05, 3.63) is 50.8 Å². The molecule has 2 aromatic heterocycles. The summed E-state index contributed by atoms with van der Waals surface area (Å²) in [6.45, 7) is 5.49. The van der Waals surface area contributed by atoms with Gasteiger partial charge in [0.25, 0.3) is 5.56 Å². The summed E-state index contributed by atoms with van der Waals surface area (Å²) in [6, 6.07) is 5.53. The van der Waals surface area contributed by atoms with Gasteiger partial charge in [-0.2, -0.15) is 0 Å². The van der Waals surface area contributed by atoms with Gasteiger partial charge < -0.3 is 29.2 Å². The molecule has 170 valence electrons. The van der Waals surface area contributed by atoms with Crippen molar-refractivity contribution in [1.29, 1.82) is 0 Å². The number of fused-ring (bicyclic) bond motifs is 6. The zero-order valence-corrected chi connectivity index (χ0v) is 18.4. The summed E-state index contributed by atoms with van der Waals surface area (Å²) in [5.74, 6) is 0.578. The summed E-state index contributed by atoms with van der Waals surface area (Å²) >= 11 is 0. The van der Waals surface area contributed by atoms with E-state index in [-0.39, 0.29) is 25.4 Å². The predicted molar refractivity (Wildman–Crippen MR) is 118 cm³/mol. The molecule has 3 aliphatic rings. The maximum absolute atomic E-state index is 13.4. The lowest BCUT2D eigenvalue weighted by molar-refractivity contribution is -0.172. The molecule has 3 aromatic rings. The van der Waals surface area contributed by atoms with E-state index in [0.29, 0.717) is 47.1 Å². The fourth-order valence-corrected chi connectivity index (χ4v) is 5.00. The predicted octanol–water partition coefficient (Wildman–Crippen LogP) is 1.92. The normalized spacial score (nSPS) is 19.9. The van der Waals surface area contributed by atoms with Crippen LogP contribution in [0, 0.1) is 0 Å². The number of carbonyl (C=O) groups excluding carboxylic acids is 1. The number of hydrogen-bond acceptors (Lipinski definition) is 8. The SMILES string of the molecule is CCNCc1c2c(nc3cc4c(cc13)OCO4)-c1cc3c(c(=O)n1C2)COC(=O)C3(O)CC. The van der Waals surface area contributed by atoms with Crippen LogP contribution >= 0.6 is 0 Å². The summed E-state index contributed by atoms with van der Waals surface area (Å²) in [6.07, 6.45) is 0.106. The van der Waals surface area contributed by atoms with Crippen LogP contribution in [0.25, 0.3) is 22.3 Å². The van der Waals surface area contributed by atoms with Gasteiger partial charge in [-0.25, -0.2) is 9.78 Å². The Labute approximate surface area is 188 Å². The molecule has 5 heterocycles. The Morgan fingerprint density at radius 3 is 2.67 bits per heavy atom. The lowest BCUT2D eigenvalue weighted by atomic mass is 9.86. The van der Waals surface area contributed by atoms with E-state index in [1.807, 2.05) is 19.1 Å². The minimum atomic E-state index is -1.85. The molecule has 3 aliphatic heterocycles. The summed E-state index contributed by atoms with van der Waals surface area (Å²) in [7, 11) is 0. The molecule has 0 spiro atoms. The minimum Gasteiger partial charge on any atom is -0.458 e. The molecule has 1 aromatic carbocycles. The molecule has 0 fully saturated rings. The van der Waals surface area contributed by atoms with Crippen molar-refractivity contribution in [3.63, 3.8) is 0 Å². The van der Waals surface area contributed by atoms with Crippen LogP contribution in [0.2, 0.25) is 0 Å². The Morgan fingerprint density at radius 2 is 1.91 bits per heavy atom. The van der Waals surface area contributed by atoms with E-state index >= 15 is 0 Å². The summed E-state index contributed by atoms with van der Waals surface area (Å²) < 4.78 is 17.9. The van der Waals surface area contributed by atoms with Crippen molar-refractivity contribution < 1.29 is 24.1 Å². The molecular weight excluding hydrogens is 426 g/mol. The van der Waals surface area contributed by atoms with E-state index in [1.54, 1.807) is 17.6 Å². The Bertz CT molecular complexity index is 1410. The number of hydrogen-bond donors (Lipinski definition) is 2. The largest absolute Gasteiger partial charge is 0.458 e.